The minimum Gasteiger partial charge on any atom is -0.497 e. The molecule has 0 saturated carbocycles. The third kappa shape index (κ3) is 3.88. The quantitative estimate of drug-likeness (QED) is 0.709. The smallest absolute Gasteiger partial charge is 0.239 e. The van der Waals surface area contributed by atoms with Gasteiger partial charge in [-0.15, -0.1) is 11.3 Å². The van der Waals surface area contributed by atoms with Gasteiger partial charge in [0, 0.05) is 17.0 Å². The number of amides is 1. The van der Waals surface area contributed by atoms with Gasteiger partial charge in [-0.25, -0.2) is 9.97 Å². The number of carbonyl (C=O) groups excluding carboxylic acids is 1. The number of ether oxygens (including phenoxy) is 1. The first-order chi connectivity index (χ1) is 12.1. The van der Waals surface area contributed by atoms with Crippen molar-refractivity contribution >= 4 is 33.3 Å². The van der Waals surface area contributed by atoms with E-state index in [1.807, 2.05) is 38.1 Å². The number of nitrogens with zero attached hydrogens (tertiary/aromatic N) is 2. The fraction of sp³-hybridized carbons (Fsp3) is 0.278. The summed E-state index contributed by atoms with van der Waals surface area (Å²) >= 11 is 1.55. The Morgan fingerprint density at radius 2 is 2.00 bits per heavy atom. The highest BCUT2D eigenvalue weighted by Gasteiger charge is 2.14. The number of carbonyl (C=O) groups is 1. The first-order valence-electron chi connectivity index (χ1n) is 7.98. The maximum absolute atomic E-state index is 11.9. The first kappa shape index (κ1) is 17.2. The van der Waals surface area contributed by atoms with E-state index in [0.717, 1.165) is 27.1 Å². The Bertz CT molecular complexity index is 874. The highest BCUT2D eigenvalue weighted by Crippen LogP contribution is 2.36. The van der Waals surface area contributed by atoms with E-state index in [1.54, 1.807) is 18.4 Å². The summed E-state index contributed by atoms with van der Waals surface area (Å²) in [7, 11) is 1.65. The van der Waals surface area contributed by atoms with Crippen LogP contribution in [-0.4, -0.2) is 35.6 Å². The van der Waals surface area contributed by atoms with Crippen LogP contribution >= 0.6 is 11.3 Å². The standard InChI is InChI=1S/C18H20N4O2S/c1-11(2)22-15(23)8-19-17-16-14(9-25-18(16)21-10-20-17)12-4-6-13(24-3)7-5-12/h4-7,9-11H,8H2,1-3H3,(H,22,23)(H,19,20,21). The molecule has 25 heavy (non-hydrogen) atoms. The van der Waals surface area contributed by atoms with Gasteiger partial charge in [0.05, 0.1) is 19.0 Å². The fourth-order valence-electron chi connectivity index (χ4n) is 2.53. The summed E-state index contributed by atoms with van der Waals surface area (Å²) in [5.74, 6) is 1.40. The van der Waals surface area contributed by atoms with Crippen LogP contribution in [0.2, 0.25) is 0 Å². The van der Waals surface area contributed by atoms with Gasteiger partial charge in [0.25, 0.3) is 0 Å². The van der Waals surface area contributed by atoms with Gasteiger partial charge >= 0.3 is 0 Å². The van der Waals surface area contributed by atoms with Gasteiger partial charge in [0.2, 0.25) is 5.91 Å². The van der Waals surface area contributed by atoms with Crippen LogP contribution in [0.1, 0.15) is 13.8 Å². The molecule has 0 radical (unpaired) electrons. The van der Waals surface area contributed by atoms with Crippen molar-refractivity contribution in [3.63, 3.8) is 0 Å². The summed E-state index contributed by atoms with van der Waals surface area (Å²) in [6.07, 6.45) is 1.51. The largest absolute Gasteiger partial charge is 0.497 e. The number of methoxy groups -OCH3 is 1. The van der Waals surface area contributed by atoms with Crippen molar-refractivity contribution in [1.82, 2.24) is 15.3 Å². The van der Waals surface area contributed by atoms with Crippen LogP contribution in [0.15, 0.2) is 36.0 Å². The zero-order valence-corrected chi connectivity index (χ0v) is 15.2. The van der Waals surface area contributed by atoms with Crippen LogP contribution in [0, 0.1) is 0 Å². The molecule has 7 heteroatoms. The van der Waals surface area contributed by atoms with Crippen LogP contribution < -0.4 is 15.4 Å². The van der Waals surface area contributed by atoms with E-state index >= 15 is 0 Å². The fourth-order valence-corrected chi connectivity index (χ4v) is 3.45. The predicted molar refractivity (Wildman–Crippen MR) is 101 cm³/mol. The second kappa shape index (κ2) is 7.48. The molecule has 0 spiro atoms. The average molecular weight is 356 g/mol. The van der Waals surface area contributed by atoms with Crippen LogP contribution in [0.3, 0.4) is 0 Å². The van der Waals surface area contributed by atoms with Crippen LogP contribution in [0.5, 0.6) is 5.75 Å². The number of aromatic nitrogens is 2. The Morgan fingerprint density at radius 1 is 1.24 bits per heavy atom. The van der Waals surface area contributed by atoms with E-state index in [2.05, 4.69) is 26.0 Å². The number of anilines is 1. The molecule has 1 amide bonds. The lowest BCUT2D eigenvalue weighted by Crippen LogP contribution is -2.35. The predicted octanol–water partition coefficient (Wildman–Crippen LogP) is 3.30. The number of hydrogen-bond acceptors (Lipinski definition) is 6. The average Bonchev–Trinajstić information content (AvgIpc) is 3.04. The van der Waals surface area contributed by atoms with Gasteiger partial charge < -0.3 is 15.4 Å². The molecule has 130 valence electrons. The lowest BCUT2D eigenvalue weighted by atomic mass is 10.1. The van der Waals surface area contributed by atoms with Crippen LogP contribution in [0.25, 0.3) is 21.3 Å². The molecule has 2 N–H and O–H groups in total. The maximum atomic E-state index is 11.9. The number of hydrogen-bond donors (Lipinski definition) is 2. The summed E-state index contributed by atoms with van der Waals surface area (Å²) in [6.45, 7) is 4.03. The highest BCUT2D eigenvalue weighted by atomic mass is 32.1. The Kier molecular flexibility index (Phi) is 5.14. The molecule has 2 heterocycles. The summed E-state index contributed by atoms with van der Waals surface area (Å²) in [5.41, 5.74) is 2.09. The van der Waals surface area contributed by atoms with Gasteiger partial charge in [-0.3, -0.25) is 4.79 Å². The molecule has 0 aliphatic rings. The summed E-state index contributed by atoms with van der Waals surface area (Å²) < 4.78 is 5.22. The molecule has 0 atom stereocenters. The molecular formula is C18H20N4O2S. The van der Waals surface area contributed by atoms with Crippen molar-refractivity contribution in [1.29, 1.82) is 0 Å². The number of fused-ring (bicyclic) bond motifs is 1. The second-order valence-electron chi connectivity index (χ2n) is 5.86. The highest BCUT2D eigenvalue weighted by molar-refractivity contribution is 7.17. The van der Waals surface area contributed by atoms with Gasteiger partial charge in [-0.2, -0.15) is 0 Å². The monoisotopic (exact) mass is 356 g/mol. The third-order valence-corrected chi connectivity index (χ3v) is 4.52. The molecule has 0 aliphatic carbocycles. The van der Waals surface area contributed by atoms with E-state index in [9.17, 15) is 4.79 Å². The molecule has 0 saturated heterocycles. The van der Waals surface area contributed by atoms with Gasteiger partial charge in [-0.1, -0.05) is 12.1 Å². The van der Waals surface area contributed by atoms with E-state index in [1.165, 1.54) is 6.33 Å². The van der Waals surface area contributed by atoms with Gasteiger partial charge in [-0.05, 0) is 31.5 Å². The summed E-state index contributed by atoms with van der Waals surface area (Å²) in [5, 5.41) is 8.97. The van der Waals surface area contributed by atoms with Crippen LogP contribution in [0.4, 0.5) is 5.82 Å². The summed E-state index contributed by atoms with van der Waals surface area (Å²) in [4.78, 5) is 21.4. The Labute approximate surface area is 150 Å². The van der Waals surface area contributed by atoms with Gasteiger partial charge in [0.15, 0.2) is 0 Å². The third-order valence-electron chi connectivity index (χ3n) is 3.64. The van der Waals surface area contributed by atoms with Gasteiger partial charge in [0.1, 0.15) is 22.7 Å². The zero-order valence-electron chi connectivity index (χ0n) is 14.4. The van der Waals surface area contributed by atoms with Crippen molar-refractivity contribution in [2.45, 2.75) is 19.9 Å². The van der Waals surface area contributed by atoms with E-state index in [0.29, 0.717) is 5.82 Å². The first-order valence-corrected chi connectivity index (χ1v) is 8.86. The molecule has 1 aromatic carbocycles. The molecular weight excluding hydrogens is 336 g/mol. The lowest BCUT2D eigenvalue weighted by Gasteiger charge is -2.11. The number of rotatable bonds is 6. The SMILES string of the molecule is COc1ccc(-c2csc3ncnc(NCC(=O)NC(C)C)c23)cc1. The normalized spacial score (nSPS) is 10.9. The molecule has 3 aromatic rings. The molecule has 0 unspecified atom stereocenters. The van der Waals surface area contributed by atoms with Crippen molar-refractivity contribution in [2.75, 3.05) is 19.0 Å². The van der Waals surface area contributed by atoms with E-state index < -0.39 is 0 Å². The van der Waals surface area contributed by atoms with Crippen LogP contribution in [-0.2, 0) is 4.79 Å². The van der Waals surface area contributed by atoms with Crippen molar-refractivity contribution < 1.29 is 9.53 Å². The minimum absolute atomic E-state index is 0.0667. The van der Waals surface area contributed by atoms with Crippen molar-refractivity contribution in [3.8, 4) is 16.9 Å². The van der Waals surface area contributed by atoms with Crippen molar-refractivity contribution in [2.24, 2.45) is 0 Å². The molecule has 0 bridgehead atoms. The lowest BCUT2D eigenvalue weighted by molar-refractivity contribution is -0.119. The summed E-state index contributed by atoms with van der Waals surface area (Å²) in [6, 6.07) is 7.96. The van der Waals surface area contributed by atoms with Crippen molar-refractivity contribution in [3.05, 3.63) is 36.0 Å². The molecule has 0 aliphatic heterocycles. The Morgan fingerprint density at radius 3 is 2.68 bits per heavy atom. The number of benzene rings is 1. The number of nitrogens with one attached hydrogen (secondary N) is 2. The maximum Gasteiger partial charge on any atom is 0.239 e. The zero-order chi connectivity index (χ0) is 17.8. The minimum atomic E-state index is -0.0667. The molecule has 2 aromatic heterocycles. The van der Waals surface area contributed by atoms with E-state index in [-0.39, 0.29) is 18.5 Å². The molecule has 3 rings (SSSR count). The molecule has 6 nitrogen and oxygen atoms in total. The Hall–Kier alpha value is -2.67. The topological polar surface area (TPSA) is 76.1 Å². The van der Waals surface area contributed by atoms with E-state index in [4.69, 9.17) is 4.74 Å². The number of thiophene rings is 1. The molecule has 0 fully saturated rings. The second-order valence-corrected chi connectivity index (χ2v) is 6.71. The Balaban J connectivity index is 1.91.